The predicted molar refractivity (Wildman–Crippen MR) is 122 cm³/mol. The topological polar surface area (TPSA) is 120 Å². The molecule has 0 unspecified atom stereocenters. The average molecular weight is 412 g/mol. The van der Waals surface area contributed by atoms with Gasteiger partial charge in [-0.15, -0.1) is 0 Å². The molecule has 1 fully saturated rings. The number of aromatic nitrogens is 3. The van der Waals surface area contributed by atoms with Crippen LogP contribution in [0.2, 0.25) is 0 Å². The fraction of sp³-hybridized carbons (Fsp3) is 0.435. The Labute approximate surface area is 178 Å². The van der Waals surface area contributed by atoms with Crippen LogP contribution in [0.5, 0.6) is 5.75 Å². The summed E-state index contributed by atoms with van der Waals surface area (Å²) in [6, 6.07) is 5.56. The average Bonchev–Trinajstić information content (AvgIpc) is 3.02. The van der Waals surface area contributed by atoms with Gasteiger partial charge in [-0.2, -0.15) is 0 Å². The van der Waals surface area contributed by atoms with Crippen LogP contribution < -0.4 is 11.5 Å². The smallest absolute Gasteiger partial charge is 0.160 e. The van der Waals surface area contributed by atoms with E-state index in [-0.39, 0.29) is 0 Å². The SMILES string of the molecule is CN.Cc1ccc(O)c(C)c1.Cn1c(N)c(C=O)c2nc(C3CCCCC3)cnc21. The number of aryl methyl sites for hydroxylation is 3. The number of nitrogens with two attached hydrogens (primary N) is 2. The zero-order chi connectivity index (χ0) is 22.3. The predicted octanol–water partition coefficient (Wildman–Crippen LogP) is 3.99. The van der Waals surface area contributed by atoms with Gasteiger partial charge in [0.2, 0.25) is 0 Å². The summed E-state index contributed by atoms with van der Waals surface area (Å²) in [5.74, 6) is 1.29. The van der Waals surface area contributed by atoms with Crippen LogP contribution in [-0.4, -0.2) is 33.0 Å². The first-order chi connectivity index (χ1) is 14.4. The summed E-state index contributed by atoms with van der Waals surface area (Å²) in [6.07, 6.45) is 8.76. The van der Waals surface area contributed by atoms with Gasteiger partial charge in [0.15, 0.2) is 11.9 Å². The Bertz CT molecular complexity index is 991. The van der Waals surface area contributed by atoms with Crippen LogP contribution in [0.15, 0.2) is 24.4 Å². The van der Waals surface area contributed by atoms with Crippen LogP contribution in [0.1, 0.15) is 65.2 Å². The lowest BCUT2D eigenvalue weighted by Crippen LogP contribution is -2.07. The third-order valence-corrected chi connectivity index (χ3v) is 5.48. The molecule has 0 aliphatic heterocycles. The van der Waals surface area contributed by atoms with Gasteiger partial charge in [-0.3, -0.25) is 4.79 Å². The van der Waals surface area contributed by atoms with E-state index in [1.54, 1.807) is 17.7 Å². The normalized spacial score (nSPS) is 13.8. The number of anilines is 1. The van der Waals surface area contributed by atoms with E-state index in [0.29, 0.717) is 34.2 Å². The van der Waals surface area contributed by atoms with Crippen molar-refractivity contribution < 1.29 is 9.90 Å². The van der Waals surface area contributed by atoms with Gasteiger partial charge in [-0.25, -0.2) is 9.97 Å². The molecule has 5 N–H and O–H groups in total. The number of hydrogen-bond donors (Lipinski definition) is 3. The molecule has 4 rings (SSSR count). The summed E-state index contributed by atoms with van der Waals surface area (Å²) < 4.78 is 1.72. The van der Waals surface area contributed by atoms with Gasteiger partial charge >= 0.3 is 0 Å². The van der Waals surface area contributed by atoms with E-state index >= 15 is 0 Å². The van der Waals surface area contributed by atoms with Gasteiger partial charge in [-0.1, -0.05) is 37.0 Å². The summed E-state index contributed by atoms with van der Waals surface area (Å²) in [5, 5.41) is 9.04. The number of nitrogen functional groups attached to an aromatic ring is 1. The van der Waals surface area contributed by atoms with E-state index in [2.05, 4.69) is 15.7 Å². The standard InChI is InChI=1S/C14H18N4O.C8H10O.CH5N/c1-18-13(15)10(8-19)12-14(18)16-7-11(17-12)9-5-3-2-4-6-9;1-6-3-4-8(9)7(2)5-6;1-2/h7-9H,2-6,15H2,1H3;3-5,9H,1-2H3;2H2,1H3. The lowest BCUT2D eigenvalue weighted by atomic mass is 9.87. The molecule has 162 valence electrons. The Morgan fingerprint density at radius 2 is 1.83 bits per heavy atom. The molecule has 0 amide bonds. The van der Waals surface area contributed by atoms with E-state index < -0.39 is 0 Å². The van der Waals surface area contributed by atoms with Crippen LogP contribution in [0.3, 0.4) is 0 Å². The Morgan fingerprint density at radius 1 is 1.17 bits per heavy atom. The first kappa shape index (κ1) is 23.3. The van der Waals surface area contributed by atoms with Crippen molar-refractivity contribution in [2.75, 3.05) is 12.8 Å². The Morgan fingerprint density at radius 3 is 2.40 bits per heavy atom. The fourth-order valence-corrected chi connectivity index (χ4v) is 3.76. The van der Waals surface area contributed by atoms with Crippen LogP contribution in [0, 0.1) is 13.8 Å². The number of carbonyl (C=O) groups excluding carboxylic acids is 1. The summed E-state index contributed by atoms with van der Waals surface area (Å²) in [5.41, 5.74) is 15.3. The van der Waals surface area contributed by atoms with Crippen molar-refractivity contribution in [2.45, 2.75) is 51.9 Å². The minimum absolute atomic E-state index is 0.376. The Hall–Kier alpha value is -2.93. The monoisotopic (exact) mass is 411 g/mol. The molecule has 30 heavy (non-hydrogen) atoms. The zero-order valence-electron chi connectivity index (χ0n) is 18.4. The van der Waals surface area contributed by atoms with Crippen molar-refractivity contribution in [3.63, 3.8) is 0 Å². The maximum Gasteiger partial charge on any atom is 0.160 e. The lowest BCUT2D eigenvalue weighted by molar-refractivity contribution is 0.112. The van der Waals surface area contributed by atoms with E-state index in [0.717, 1.165) is 17.5 Å². The molecule has 1 aliphatic carbocycles. The molecule has 0 bridgehead atoms. The molecule has 0 saturated heterocycles. The Balaban J connectivity index is 0.000000245. The molecule has 2 aromatic heterocycles. The highest BCUT2D eigenvalue weighted by Crippen LogP contribution is 2.33. The minimum Gasteiger partial charge on any atom is -0.508 e. The van der Waals surface area contributed by atoms with Gasteiger partial charge < -0.3 is 21.1 Å². The van der Waals surface area contributed by atoms with Crippen LogP contribution >= 0.6 is 0 Å². The van der Waals surface area contributed by atoms with Crippen LogP contribution in [0.25, 0.3) is 11.2 Å². The molecule has 2 heterocycles. The third-order valence-electron chi connectivity index (χ3n) is 5.48. The molecule has 1 aliphatic rings. The van der Waals surface area contributed by atoms with Gasteiger partial charge in [0.25, 0.3) is 0 Å². The van der Waals surface area contributed by atoms with Crippen molar-refractivity contribution in [1.29, 1.82) is 0 Å². The molecule has 7 nitrogen and oxygen atoms in total. The second kappa shape index (κ2) is 10.7. The summed E-state index contributed by atoms with van der Waals surface area (Å²) in [4.78, 5) is 20.3. The highest BCUT2D eigenvalue weighted by atomic mass is 16.3. The van der Waals surface area contributed by atoms with Crippen molar-refractivity contribution in [3.05, 3.63) is 46.8 Å². The van der Waals surface area contributed by atoms with E-state index in [1.807, 2.05) is 32.2 Å². The fourth-order valence-electron chi connectivity index (χ4n) is 3.76. The van der Waals surface area contributed by atoms with Crippen LogP contribution in [-0.2, 0) is 7.05 Å². The number of phenols is 1. The largest absolute Gasteiger partial charge is 0.508 e. The van der Waals surface area contributed by atoms with Gasteiger partial charge in [0.05, 0.1) is 17.5 Å². The molecule has 0 atom stereocenters. The van der Waals surface area contributed by atoms with Crippen molar-refractivity contribution in [2.24, 2.45) is 12.8 Å². The van der Waals surface area contributed by atoms with Gasteiger partial charge in [0.1, 0.15) is 17.1 Å². The molecule has 1 saturated carbocycles. The number of nitrogens with zero attached hydrogens (tertiary/aromatic N) is 3. The van der Waals surface area contributed by atoms with Crippen molar-refractivity contribution >= 4 is 23.3 Å². The number of phenolic OH excluding ortho intramolecular Hbond substituents is 1. The number of hydrogen-bond acceptors (Lipinski definition) is 6. The summed E-state index contributed by atoms with van der Waals surface area (Å²) >= 11 is 0. The number of aldehydes is 1. The maximum absolute atomic E-state index is 11.2. The second-order valence-corrected chi connectivity index (χ2v) is 7.57. The van der Waals surface area contributed by atoms with Crippen LogP contribution in [0.4, 0.5) is 5.82 Å². The third kappa shape index (κ3) is 5.16. The zero-order valence-corrected chi connectivity index (χ0v) is 18.4. The van der Waals surface area contributed by atoms with Crippen molar-refractivity contribution in [1.82, 2.24) is 14.5 Å². The minimum atomic E-state index is 0.376. The maximum atomic E-state index is 11.2. The van der Waals surface area contributed by atoms with Gasteiger partial charge in [0, 0.05) is 13.0 Å². The van der Waals surface area contributed by atoms with E-state index in [4.69, 9.17) is 10.8 Å². The summed E-state index contributed by atoms with van der Waals surface area (Å²) in [7, 11) is 3.31. The summed E-state index contributed by atoms with van der Waals surface area (Å²) in [6.45, 7) is 3.90. The number of rotatable bonds is 2. The Kier molecular flexibility index (Phi) is 8.35. The second-order valence-electron chi connectivity index (χ2n) is 7.57. The molecule has 3 aromatic rings. The first-order valence-corrected chi connectivity index (χ1v) is 10.3. The molecule has 1 aromatic carbocycles. The number of fused-ring (bicyclic) bond motifs is 1. The quantitative estimate of drug-likeness (QED) is 0.548. The number of carbonyl (C=O) groups is 1. The lowest BCUT2D eigenvalue weighted by Gasteiger charge is -2.20. The molecular formula is C23H33N5O2. The molecule has 0 radical (unpaired) electrons. The molecule has 0 spiro atoms. The number of aromatic hydroxyl groups is 1. The number of benzene rings is 1. The van der Waals surface area contributed by atoms with E-state index in [9.17, 15) is 4.79 Å². The highest BCUT2D eigenvalue weighted by molar-refractivity contribution is 5.99. The first-order valence-electron chi connectivity index (χ1n) is 10.3. The van der Waals surface area contributed by atoms with Gasteiger partial charge in [-0.05, 0) is 45.4 Å². The van der Waals surface area contributed by atoms with E-state index in [1.165, 1.54) is 44.7 Å². The van der Waals surface area contributed by atoms with Crippen molar-refractivity contribution in [3.8, 4) is 5.75 Å². The highest BCUT2D eigenvalue weighted by Gasteiger charge is 2.20. The molecular weight excluding hydrogens is 378 g/mol. The molecule has 7 heteroatoms.